The molecule has 0 bridgehead atoms. The fraction of sp³-hybridized carbons (Fsp3) is 0.857. The number of hydrogen-bond donors (Lipinski definition) is 2. The van der Waals surface area contributed by atoms with Crippen molar-refractivity contribution < 1.29 is 14.3 Å². The summed E-state index contributed by atoms with van der Waals surface area (Å²) >= 11 is 0. The van der Waals surface area contributed by atoms with Gasteiger partial charge in [-0.2, -0.15) is 0 Å². The molecule has 1 saturated heterocycles. The maximum atomic E-state index is 10.3. The second kappa shape index (κ2) is 5.08. The minimum Gasteiger partial charge on any atom is -0.376 e. The summed E-state index contributed by atoms with van der Waals surface area (Å²) in [5.41, 5.74) is 4.93. The number of carbonyl (C=O) groups excluding carboxylic acids is 1. The van der Waals surface area contributed by atoms with Gasteiger partial charge < -0.3 is 20.5 Å². The second-order valence-corrected chi connectivity index (χ2v) is 2.66. The lowest BCUT2D eigenvalue weighted by molar-refractivity contribution is -0.117. The number of ether oxygens (including phenoxy) is 2. The lowest BCUT2D eigenvalue weighted by Crippen LogP contribution is -2.40. The molecule has 1 aliphatic rings. The first-order valence-electron chi connectivity index (χ1n) is 3.97. The molecule has 70 valence electrons. The van der Waals surface area contributed by atoms with Crippen LogP contribution >= 0.6 is 0 Å². The molecule has 0 aromatic rings. The van der Waals surface area contributed by atoms with Gasteiger partial charge in [-0.25, -0.2) is 0 Å². The summed E-state index contributed by atoms with van der Waals surface area (Å²) in [5.74, 6) is -0.355. The molecule has 5 heteroatoms. The molecular formula is C7H14N2O3. The van der Waals surface area contributed by atoms with E-state index in [4.69, 9.17) is 15.2 Å². The van der Waals surface area contributed by atoms with Gasteiger partial charge in [0.2, 0.25) is 5.91 Å². The van der Waals surface area contributed by atoms with Crippen LogP contribution in [0.25, 0.3) is 0 Å². The van der Waals surface area contributed by atoms with Crippen LogP contribution in [0.15, 0.2) is 0 Å². The number of carbonyl (C=O) groups is 1. The van der Waals surface area contributed by atoms with Crippen LogP contribution in [0.2, 0.25) is 0 Å². The fourth-order valence-electron chi connectivity index (χ4n) is 1.01. The van der Waals surface area contributed by atoms with E-state index in [1.807, 2.05) is 0 Å². The quantitative estimate of drug-likeness (QED) is 0.542. The van der Waals surface area contributed by atoms with Crippen LogP contribution in [0.5, 0.6) is 0 Å². The highest BCUT2D eigenvalue weighted by Gasteiger charge is 2.13. The Morgan fingerprint density at radius 2 is 2.42 bits per heavy atom. The van der Waals surface area contributed by atoms with Crippen LogP contribution < -0.4 is 11.1 Å². The number of primary amides is 1. The van der Waals surface area contributed by atoms with Crippen molar-refractivity contribution in [1.82, 2.24) is 5.32 Å². The van der Waals surface area contributed by atoms with Crippen LogP contribution in [0, 0.1) is 0 Å². The molecule has 1 atom stereocenters. The van der Waals surface area contributed by atoms with Crippen molar-refractivity contribution in [3.8, 4) is 0 Å². The summed E-state index contributed by atoms with van der Waals surface area (Å²) < 4.78 is 10.5. The van der Waals surface area contributed by atoms with E-state index in [1.54, 1.807) is 0 Å². The zero-order valence-electron chi connectivity index (χ0n) is 6.91. The first kappa shape index (κ1) is 9.44. The van der Waals surface area contributed by atoms with Crippen LogP contribution in [-0.4, -0.2) is 44.9 Å². The number of amides is 1. The third-order valence-corrected chi connectivity index (χ3v) is 1.56. The molecule has 0 spiro atoms. The van der Waals surface area contributed by atoms with Gasteiger partial charge in [-0.15, -0.1) is 0 Å². The highest BCUT2D eigenvalue weighted by molar-refractivity contribution is 5.75. The van der Waals surface area contributed by atoms with Crippen LogP contribution in [0.4, 0.5) is 0 Å². The Bertz CT molecular complexity index is 146. The Balaban J connectivity index is 2.01. The predicted octanol–water partition coefficient (Wildman–Crippen LogP) is -1.52. The number of hydrogen-bond acceptors (Lipinski definition) is 4. The standard InChI is InChI=1S/C7H14N2O3/c8-7(10)4-9-3-6-5-11-1-2-12-6/h6,9H,1-5H2,(H2,8,10). The lowest BCUT2D eigenvalue weighted by atomic mass is 10.3. The third kappa shape index (κ3) is 3.66. The lowest BCUT2D eigenvalue weighted by Gasteiger charge is -2.22. The number of nitrogens with two attached hydrogens (primary N) is 1. The van der Waals surface area contributed by atoms with Crippen LogP contribution in [0.1, 0.15) is 0 Å². The van der Waals surface area contributed by atoms with E-state index >= 15 is 0 Å². The van der Waals surface area contributed by atoms with Gasteiger partial charge in [0, 0.05) is 6.54 Å². The SMILES string of the molecule is NC(=O)CNCC1COCCO1. The van der Waals surface area contributed by atoms with Crippen LogP contribution in [-0.2, 0) is 14.3 Å². The molecule has 0 aromatic heterocycles. The maximum Gasteiger partial charge on any atom is 0.231 e. The normalized spacial score (nSPS) is 23.8. The highest BCUT2D eigenvalue weighted by Crippen LogP contribution is 1.98. The van der Waals surface area contributed by atoms with Crippen molar-refractivity contribution >= 4 is 5.91 Å². The topological polar surface area (TPSA) is 73.6 Å². The largest absolute Gasteiger partial charge is 0.376 e. The summed E-state index contributed by atoms with van der Waals surface area (Å²) in [6, 6.07) is 0. The molecule has 1 heterocycles. The Labute approximate surface area is 71.2 Å². The van der Waals surface area contributed by atoms with Gasteiger partial charge in [0.1, 0.15) is 0 Å². The second-order valence-electron chi connectivity index (χ2n) is 2.66. The Morgan fingerprint density at radius 1 is 1.58 bits per heavy atom. The van der Waals surface area contributed by atoms with E-state index in [1.165, 1.54) is 0 Å². The molecule has 1 amide bonds. The van der Waals surface area contributed by atoms with Gasteiger partial charge >= 0.3 is 0 Å². The first-order valence-corrected chi connectivity index (χ1v) is 3.97. The van der Waals surface area contributed by atoms with Gasteiger partial charge in [-0.3, -0.25) is 4.79 Å². The van der Waals surface area contributed by atoms with Gasteiger partial charge in [0.05, 0.1) is 32.5 Å². The monoisotopic (exact) mass is 174 g/mol. The molecule has 5 nitrogen and oxygen atoms in total. The molecule has 0 aromatic carbocycles. The van der Waals surface area contributed by atoms with Gasteiger partial charge in [-0.1, -0.05) is 0 Å². The van der Waals surface area contributed by atoms with Crippen molar-refractivity contribution in [2.24, 2.45) is 5.73 Å². The van der Waals surface area contributed by atoms with Crippen molar-refractivity contribution in [3.63, 3.8) is 0 Å². The molecule has 0 saturated carbocycles. The molecule has 0 aliphatic carbocycles. The average Bonchev–Trinajstić information content (AvgIpc) is 2.05. The fourth-order valence-corrected chi connectivity index (χ4v) is 1.01. The molecule has 1 rings (SSSR count). The van der Waals surface area contributed by atoms with Crippen molar-refractivity contribution in [3.05, 3.63) is 0 Å². The van der Waals surface area contributed by atoms with Gasteiger partial charge in [0.15, 0.2) is 0 Å². The zero-order valence-corrected chi connectivity index (χ0v) is 6.91. The summed E-state index contributed by atoms with van der Waals surface area (Å²) in [4.78, 5) is 10.3. The van der Waals surface area contributed by atoms with Crippen molar-refractivity contribution in [2.45, 2.75) is 6.10 Å². The minimum atomic E-state index is -0.355. The zero-order chi connectivity index (χ0) is 8.81. The predicted molar refractivity (Wildman–Crippen MR) is 42.6 cm³/mol. The smallest absolute Gasteiger partial charge is 0.231 e. The van der Waals surface area contributed by atoms with Crippen LogP contribution in [0.3, 0.4) is 0 Å². The van der Waals surface area contributed by atoms with Crippen molar-refractivity contribution in [1.29, 1.82) is 0 Å². The van der Waals surface area contributed by atoms with E-state index in [9.17, 15) is 4.79 Å². The maximum absolute atomic E-state index is 10.3. The highest BCUT2D eigenvalue weighted by atomic mass is 16.6. The van der Waals surface area contributed by atoms with E-state index < -0.39 is 0 Å². The van der Waals surface area contributed by atoms with Gasteiger partial charge in [-0.05, 0) is 0 Å². The minimum absolute atomic E-state index is 0.0538. The molecular weight excluding hydrogens is 160 g/mol. The third-order valence-electron chi connectivity index (χ3n) is 1.56. The molecule has 3 N–H and O–H groups in total. The van der Waals surface area contributed by atoms with E-state index in [-0.39, 0.29) is 18.6 Å². The number of nitrogens with one attached hydrogen (secondary N) is 1. The Morgan fingerprint density at radius 3 is 3.00 bits per heavy atom. The summed E-state index contributed by atoms with van der Waals surface area (Å²) in [6.45, 7) is 2.68. The van der Waals surface area contributed by atoms with E-state index in [0.717, 1.165) is 0 Å². The van der Waals surface area contributed by atoms with E-state index in [0.29, 0.717) is 26.4 Å². The van der Waals surface area contributed by atoms with Gasteiger partial charge in [0.25, 0.3) is 0 Å². The van der Waals surface area contributed by atoms with Crippen molar-refractivity contribution in [2.75, 3.05) is 32.9 Å². The van der Waals surface area contributed by atoms with E-state index in [2.05, 4.69) is 5.32 Å². The Hall–Kier alpha value is -0.650. The molecule has 1 fully saturated rings. The Kier molecular flexibility index (Phi) is 3.99. The summed E-state index contributed by atoms with van der Waals surface area (Å²) in [7, 11) is 0. The molecule has 1 aliphatic heterocycles. The summed E-state index contributed by atoms with van der Waals surface area (Å²) in [5, 5.41) is 2.88. The average molecular weight is 174 g/mol. The summed E-state index contributed by atoms with van der Waals surface area (Å²) in [6.07, 6.45) is 0.0538. The molecule has 12 heavy (non-hydrogen) atoms. The molecule has 0 radical (unpaired) electrons. The first-order chi connectivity index (χ1) is 5.79. The molecule has 1 unspecified atom stereocenters. The number of rotatable bonds is 4.